The molecule has 1 N–H and O–H groups in total. The van der Waals surface area contributed by atoms with Gasteiger partial charge in [0.15, 0.2) is 5.82 Å². The second-order valence-electron chi connectivity index (χ2n) is 6.97. The van der Waals surface area contributed by atoms with Crippen molar-refractivity contribution in [2.45, 2.75) is 33.1 Å². The SMILES string of the molecule is Cc1ccccc1/C=C(/C#N)c1nc2sc3c(c2c(=O)[nH]1)CCC(C)C3. The highest BCUT2D eigenvalue weighted by molar-refractivity contribution is 7.18. The van der Waals surface area contributed by atoms with E-state index in [1.54, 1.807) is 17.4 Å². The number of nitrogens with one attached hydrogen (secondary N) is 1. The van der Waals surface area contributed by atoms with Gasteiger partial charge in [0.1, 0.15) is 10.9 Å². The number of aryl methyl sites for hydroxylation is 2. The van der Waals surface area contributed by atoms with Crippen molar-refractivity contribution in [2.75, 3.05) is 0 Å². The van der Waals surface area contributed by atoms with Crippen LogP contribution < -0.4 is 5.56 Å². The summed E-state index contributed by atoms with van der Waals surface area (Å²) in [5.41, 5.74) is 3.42. The first kappa shape index (κ1) is 16.7. The molecule has 0 saturated heterocycles. The Kier molecular flexibility index (Phi) is 4.21. The molecular formula is C21H19N3OS. The summed E-state index contributed by atoms with van der Waals surface area (Å²) in [6.45, 7) is 4.24. The number of nitriles is 1. The molecule has 0 saturated carbocycles. The van der Waals surface area contributed by atoms with E-state index < -0.39 is 0 Å². The van der Waals surface area contributed by atoms with E-state index in [9.17, 15) is 10.1 Å². The van der Waals surface area contributed by atoms with Crippen LogP contribution in [-0.2, 0) is 12.8 Å². The van der Waals surface area contributed by atoms with E-state index >= 15 is 0 Å². The lowest BCUT2D eigenvalue weighted by Gasteiger charge is -2.17. The minimum Gasteiger partial charge on any atom is -0.305 e. The van der Waals surface area contributed by atoms with Crippen molar-refractivity contribution in [1.29, 1.82) is 5.26 Å². The zero-order valence-corrected chi connectivity index (χ0v) is 15.6. The zero-order chi connectivity index (χ0) is 18.3. The number of benzene rings is 1. The van der Waals surface area contributed by atoms with Crippen LogP contribution >= 0.6 is 11.3 Å². The van der Waals surface area contributed by atoms with E-state index in [4.69, 9.17) is 0 Å². The van der Waals surface area contributed by atoms with Gasteiger partial charge >= 0.3 is 0 Å². The van der Waals surface area contributed by atoms with Crippen LogP contribution in [0.3, 0.4) is 0 Å². The Morgan fingerprint density at radius 1 is 1.42 bits per heavy atom. The van der Waals surface area contributed by atoms with E-state index in [1.165, 1.54) is 4.88 Å². The standard InChI is InChI=1S/C21H19N3OS/c1-12-7-8-16-17(9-12)26-21-18(16)20(25)23-19(24-21)15(11-22)10-14-6-4-3-5-13(14)2/h3-6,10,12H,7-9H2,1-2H3,(H,23,24,25)/b15-10-. The Hall–Kier alpha value is -2.71. The van der Waals surface area contributed by atoms with E-state index in [1.807, 2.05) is 31.2 Å². The first-order valence-electron chi connectivity index (χ1n) is 8.79. The number of hydrogen-bond acceptors (Lipinski definition) is 4. The molecule has 0 fully saturated rings. The van der Waals surface area contributed by atoms with Gasteiger partial charge in [-0.2, -0.15) is 5.26 Å². The number of rotatable bonds is 2. The van der Waals surface area contributed by atoms with Gasteiger partial charge < -0.3 is 4.98 Å². The Morgan fingerprint density at radius 2 is 2.23 bits per heavy atom. The van der Waals surface area contributed by atoms with Crippen molar-refractivity contribution in [2.24, 2.45) is 5.92 Å². The molecule has 0 bridgehead atoms. The second kappa shape index (κ2) is 6.54. The molecule has 4 rings (SSSR count). The van der Waals surface area contributed by atoms with Gasteiger partial charge in [-0.25, -0.2) is 4.98 Å². The minimum absolute atomic E-state index is 0.136. The molecule has 0 aliphatic heterocycles. The summed E-state index contributed by atoms with van der Waals surface area (Å²) in [7, 11) is 0. The highest BCUT2D eigenvalue weighted by Gasteiger charge is 2.23. The van der Waals surface area contributed by atoms with Gasteiger partial charge in [0.2, 0.25) is 0 Å². The van der Waals surface area contributed by atoms with Crippen molar-refractivity contribution in [3.8, 4) is 6.07 Å². The van der Waals surface area contributed by atoms with Gasteiger partial charge in [-0.05, 0) is 54.9 Å². The van der Waals surface area contributed by atoms with Crippen molar-refractivity contribution in [1.82, 2.24) is 9.97 Å². The predicted octanol–water partition coefficient (Wildman–Crippen LogP) is 4.48. The highest BCUT2D eigenvalue weighted by atomic mass is 32.1. The Labute approximate surface area is 155 Å². The fourth-order valence-corrected chi connectivity index (χ4v) is 4.92. The molecule has 2 aromatic heterocycles. The maximum atomic E-state index is 12.7. The summed E-state index contributed by atoms with van der Waals surface area (Å²) in [6.07, 6.45) is 4.84. The number of nitrogens with zero attached hydrogens (tertiary/aromatic N) is 2. The Balaban J connectivity index is 1.86. The van der Waals surface area contributed by atoms with Crippen LogP contribution in [-0.4, -0.2) is 9.97 Å². The monoisotopic (exact) mass is 361 g/mol. The van der Waals surface area contributed by atoms with Gasteiger partial charge in [0.05, 0.1) is 11.0 Å². The van der Waals surface area contributed by atoms with E-state index in [-0.39, 0.29) is 5.56 Å². The summed E-state index contributed by atoms with van der Waals surface area (Å²) in [5, 5.41) is 10.3. The summed E-state index contributed by atoms with van der Waals surface area (Å²) in [6, 6.07) is 10.0. The van der Waals surface area contributed by atoms with Gasteiger partial charge in [0, 0.05) is 4.88 Å². The third kappa shape index (κ3) is 2.87. The molecule has 26 heavy (non-hydrogen) atoms. The minimum atomic E-state index is -0.136. The summed E-state index contributed by atoms with van der Waals surface area (Å²) < 4.78 is 0. The second-order valence-corrected chi connectivity index (χ2v) is 8.06. The number of fused-ring (bicyclic) bond motifs is 3. The van der Waals surface area contributed by atoms with Crippen LogP contribution in [0.4, 0.5) is 0 Å². The van der Waals surface area contributed by atoms with Gasteiger partial charge in [-0.3, -0.25) is 4.79 Å². The molecular weight excluding hydrogens is 342 g/mol. The van der Waals surface area contributed by atoms with Gasteiger partial charge in [-0.1, -0.05) is 31.2 Å². The predicted molar refractivity (Wildman–Crippen MR) is 106 cm³/mol. The maximum Gasteiger partial charge on any atom is 0.260 e. The topological polar surface area (TPSA) is 69.5 Å². The average molecular weight is 361 g/mol. The van der Waals surface area contributed by atoms with Crippen molar-refractivity contribution in [3.63, 3.8) is 0 Å². The molecule has 0 spiro atoms. The molecule has 1 aliphatic carbocycles. The first-order valence-corrected chi connectivity index (χ1v) is 9.61. The Morgan fingerprint density at radius 3 is 3.00 bits per heavy atom. The quantitative estimate of drug-likeness (QED) is 0.684. The normalized spacial score (nSPS) is 17.1. The fraction of sp³-hybridized carbons (Fsp3) is 0.286. The van der Waals surface area contributed by atoms with Crippen molar-refractivity contribution >= 4 is 33.2 Å². The molecule has 1 aliphatic rings. The van der Waals surface area contributed by atoms with E-state index in [2.05, 4.69) is 23.0 Å². The number of thiophene rings is 1. The number of aromatic nitrogens is 2. The van der Waals surface area contributed by atoms with E-state index in [0.717, 1.165) is 40.8 Å². The maximum absolute atomic E-state index is 12.7. The highest BCUT2D eigenvalue weighted by Crippen LogP contribution is 2.35. The summed E-state index contributed by atoms with van der Waals surface area (Å²) >= 11 is 1.60. The molecule has 4 nitrogen and oxygen atoms in total. The molecule has 2 heterocycles. The van der Waals surface area contributed by atoms with Crippen LogP contribution in [0.2, 0.25) is 0 Å². The average Bonchev–Trinajstić information content (AvgIpc) is 2.98. The molecule has 1 atom stereocenters. The van der Waals surface area contributed by atoms with Crippen LogP contribution in [0.15, 0.2) is 29.1 Å². The molecule has 1 unspecified atom stereocenters. The van der Waals surface area contributed by atoms with Crippen molar-refractivity contribution in [3.05, 3.63) is 62.0 Å². The largest absolute Gasteiger partial charge is 0.305 e. The summed E-state index contributed by atoms with van der Waals surface area (Å²) in [4.78, 5) is 22.2. The van der Waals surface area contributed by atoms with Gasteiger partial charge in [0.25, 0.3) is 5.56 Å². The number of allylic oxidation sites excluding steroid dienone is 1. The molecule has 130 valence electrons. The van der Waals surface area contributed by atoms with Crippen molar-refractivity contribution < 1.29 is 0 Å². The summed E-state index contributed by atoms with van der Waals surface area (Å²) in [5.74, 6) is 0.990. The first-order chi connectivity index (χ1) is 12.6. The van der Waals surface area contributed by atoms with Crippen LogP contribution in [0.5, 0.6) is 0 Å². The molecule has 0 amide bonds. The number of aromatic amines is 1. The smallest absolute Gasteiger partial charge is 0.260 e. The van der Waals surface area contributed by atoms with Crippen LogP contribution in [0, 0.1) is 24.2 Å². The fourth-order valence-electron chi connectivity index (χ4n) is 3.53. The lowest BCUT2D eigenvalue weighted by Crippen LogP contribution is -2.14. The lowest BCUT2D eigenvalue weighted by atomic mass is 9.89. The third-order valence-corrected chi connectivity index (χ3v) is 6.18. The van der Waals surface area contributed by atoms with Crippen LogP contribution in [0.1, 0.15) is 40.7 Å². The van der Waals surface area contributed by atoms with Crippen LogP contribution in [0.25, 0.3) is 21.9 Å². The number of hydrogen-bond donors (Lipinski definition) is 1. The molecule has 1 aromatic carbocycles. The third-order valence-electron chi connectivity index (χ3n) is 5.03. The Bertz CT molecular complexity index is 1130. The van der Waals surface area contributed by atoms with E-state index in [0.29, 0.717) is 22.7 Å². The zero-order valence-electron chi connectivity index (χ0n) is 14.8. The van der Waals surface area contributed by atoms with Gasteiger partial charge in [-0.15, -0.1) is 11.3 Å². The molecule has 3 aromatic rings. The number of H-pyrrole nitrogens is 1. The lowest BCUT2D eigenvalue weighted by molar-refractivity contribution is 0.509. The molecule has 0 radical (unpaired) electrons. The molecule has 5 heteroatoms.